The molecule has 0 atom stereocenters. The number of hydrogen-bond donors (Lipinski definition) is 1. The van der Waals surface area contributed by atoms with Crippen LogP contribution in [0.5, 0.6) is 11.5 Å². The van der Waals surface area contributed by atoms with E-state index in [0.29, 0.717) is 18.1 Å². The molecule has 4 nitrogen and oxygen atoms in total. The van der Waals surface area contributed by atoms with E-state index < -0.39 is 5.97 Å². The number of aryl methyl sites for hydroxylation is 1. The maximum Gasteiger partial charge on any atom is 0.335 e. The highest BCUT2D eigenvalue weighted by Gasteiger charge is 2.07. The molecule has 0 saturated carbocycles. The molecule has 104 valence electrons. The van der Waals surface area contributed by atoms with Gasteiger partial charge in [-0.1, -0.05) is 12.1 Å². The summed E-state index contributed by atoms with van der Waals surface area (Å²) >= 11 is 0. The predicted molar refractivity (Wildman–Crippen MR) is 75.4 cm³/mol. The lowest BCUT2D eigenvalue weighted by Gasteiger charge is -2.10. The molecule has 1 N–H and O–H groups in total. The molecule has 0 aliphatic rings. The summed E-state index contributed by atoms with van der Waals surface area (Å²) in [6.45, 7) is 2.34. The van der Waals surface area contributed by atoms with Crippen LogP contribution < -0.4 is 4.74 Å². The van der Waals surface area contributed by atoms with E-state index in [1.54, 1.807) is 19.2 Å². The summed E-state index contributed by atoms with van der Waals surface area (Å²) in [5, 5.41) is 8.93. The zero-order valence-electron chi connectivity index (χ0n) is 11.4. The average Bonchev–Trinajstić information content (AvgIpc) is 2.42. The first-order valence-electron chi connectivity index (χ1n) is 6.20. The number of carbonyl (C=O) groups is 1. The third kappa shape index (κ3) is 3.36. The van der Waals surface area contributed by atoms with Crippen LogP contribution in [-0.4, -0.2) is 18.2 Å². The van der Waals surface area contributed by atoms with Crippen molar-refractivity contribution in [2.75, 3.05) is 7.11 Å². The molecule has 0 aliphatic carbocycles. The zero-order chi connectivity index (χ0) is 14.5. The summed E-state index contributed by atoms with van der Waals surface area (Å²) in [6, 6.07) is 12.4. The first kappa shape index (κ1) is 14.1. The van der Waals surface area contributed by atoms with Crippen molar-refractivity contribution in [3.05, 3.63) is 59.2 Å². The fourth-order valence-electron chi connectivity index (χ4n) is 1.89. The molecule has 20 heavy (non-hydrogen) atoms. The van der Waals surface area contributed by atoms with Crippen molar-refractivity contribution in [3.8, 4) is 11.5 Å². The van der Waals surface area contributed by atoms with Gasteiger partial charge in [0, 0.05) is 7.11 Å². The third-order valence-corrected chi connectivity index (χ3v) is 2.86. The Morgan fingerprint density at radius 2 is 2.00 bits per heavy atom. The second-order valence-electron chi connectivity index (χ2n) is 4.47. The minimum Gasteiger partial charge on any atom is -0.478 e. The summed E-state index contributed by atoms with van der Waals surface area (Å²) in [7, 11) is 1.64. The smallest absolute Gasteiger partial charge is 0.335 e. The van der Waals surface area contributed by atoms with E-state index in [2.05, 4.69) is 0 Å². The Kier molecular flexibility index (Phi) is 4.38. The first-order chi connectivity index (χ1) is 9.60. The molecule has 0 radical (unpaired) electrons. The Bertz CT molecular complexity index is 620. The number of ether oxygens (including phenoxy) is 2. The highest BCUT2D eigenvalue weighted by molar-refractivity contribution is 5.88. The van der Waals surface area contributed by atoms with Gasteiger partial charge < -0.3 is 14.6 Å². The topological polar surface area (TPSA) is 55.8 Å². The van der Waals surface area contributed by atoms with E-state index >= 15 is 0 Å². The molecular weight excluding hydrogens is 256 g/mol. The predicted octanol–water partition coefficient (Wildman–Crippen LogP) is 3.63. The van der Waals surface area contributed by atoms with Crippen molar-refractivity contribution in [2.24, 2.45) is 0 Å². The van der Waals surface area contributed by atoms with Crippen LogP contribution in [0.1, 0.15) is 21.5 Å². The SMILES string of the molecule is COCc1cccc(Oc2ccc(C(=O)O)cc2C)c1. The number of hydrogen-bond acceptors (Lipinski definition) is 3. The van der Waals surface area contributed by atoms with Gasteiger partial charge in [-0.25, -0.2) is 4.79 Å². The van der Waals surface area contributed by atoms with Gasteiger partial charge in [0.25, 0.3) is 0 Å². The molecule has 0 unspecified atom stereocenters. The molecule has 0 spiro atoms. The van der Waals surface area contributed by atoms with E-state index in [-0.39, 0.29) is 5.56 Å². The van der Waals surface area contributed by atoms with Crippen LogP contribution >= 0.6 is 0 Å². The van der Waals surface area contributed by atoms with Gasteiger partial charge in [0.15, 0.2) is 0 Å². The largest absolute Gasteiger partial charge is 0.478 e. The number of benzene rings is 2. The van der Waals surface area contributed by atoms with Crippen LogP contribution in [0.25, 0.3) is 0 Å². The number of aromatic carboxylic acids is 1. The van der Waals surface area contributed by atoms with E-state index in [0.717, 1.165) is 11.1 Å². The van der Waals surface area contributed by atoms with Crippen molar-refractivity contribution in [1.29, 1.82) is 0 Å². The fourth-order valence-corrected chi connectivity index (χ4v) is 1.89. The minimum atomic E-state index is -0.943. The zero-order valence-corrected chi connectivity index (χ0v) is 11.4. The molecule has 0 saturated heterocycles. The summed E-state index contributed by atoms with van der Waals surface area (Å²) in [6.07, 6.45) is 0. The van der Waals surface area contributed by atoms with Crippen LogP contribution in [0.2, 0.25) is 0 Å². The van der Waals surface area contributed by atoms with Gasteiger partial charge in [-0.05, 0) is 48.4 Å². The van der Waals surface area contributed by atoms with Gasteiger partial charge in [0.1, 0.15) is 11.5 Å². The lowest BCUT2D eigenvalue weighted by atomic mass is 10.1. The van der Waals surface area contributed by atoms with Gasteiger partial charge in [-0.3, -0.25) is 0 Å². The lowest BCUT2D eigenvalue weighted by Crippen LogP contribution is -1.97. The Hall–Kier alpha value is -2.33. The first-order valence-corrected chi connectivity index (χ1v) is 6.20. The monoisotopic (exact) mass is 272 g/mol. The Balaban J connectivity index is 2.21. The van der Waals surface area contributed by atoms with E-state index in [9.17, 15) is 4.79 Å². The van der Waals surface area contributed by atoms with Crippen molar-refractivity contribution < 1.29 is 19.4 Å². The van der Waals surface area contributed by atoms with Crippen LogP contribution in [0.4, 0.5) is 0 Å². The minimum absolute atomic E-state index is 0.253. The van der Waals surface area contributed by atoms with Gasteiger partial charge in [0.2, 0.25) is 0 Å². The molecule has 0 heterocycles. The summed E-state index contributed by atoms with van der Waals surface area (Å²) in [4.78, 5) is 10.9. The molecule has 0 bridgehead atoms. The molecule has 0 fully saturated rings. The average molecular weight is 272 g/mol. The standard InChI is InChI=1S/C16H16O4/c1-11-8-13(16(17)18)6-7-15(11)20-14-5-3-4-12(9-14)10-19-2/h3-9H,10H2,1-2H3,(H,17,18). The molecule has 2 rings (SSSR count). The van der Waals surface area contributed by atoms with Crippen molar-refractivity contribution >= 4 is 5.97 Å². The van der Waals surface area contributed by atoms with E-state index in [1.165, 1.54) is 6.07 Å². The van der Waals surface area contributed by atoms with E-state index in [1.807, 2.05) is 31.2 Å². The highest BCUT2D eigenvalue weighted by Crippen LogP contribution is 2.26. The third-order valence-electron chi connectivity index (χ3n) is 2.86. The Morgan fingerprint density at radius 1 is 1.20 bits per heavy atom. The van der Waals surface area contributed by atoms with Crippen molar-refractivity contribution in [1.82, 2.24) is 0 Å². The van der Waals surface area contributed by atoms with Crippen molar-refractivity contribution in [3.63, 3.8) is 0 Å². The second-order valence-corrected chi connectivity index (χ2v) is 4.47. The molecule has 0 amide bonds. The van der Waals surface area contributed by atoms with Gasteiger partial charge in [-0.2, -0.15) is 0 Å². The molecule has 0 aliphatic heterocycles. The van der Waals surface area contributed by atoms with Crippen LogP contribution in [0, 0.1) is 6.92 Å². The quantitative estimate of drug-likeness (QED) is 0.903. The maximum atomic E-state index is 10.9. The highest BCUT2D eigenvalue weighted by atomic mass is 16.5. The molecule has 0 aromatic heterocycles. The summed E-state index contributed by atoms with van der Waals surface area (Å²) in [5.74, 6) is 0.400. The Labute approximate surface area is 117 Å². The number of carboxylic acids is 1. The van der Waals surface area contributed by atoms with Crippen LogP contribution in [0.15, 0.2) is 42.5 Å². The van der Waals surface area contributed by atoms with Crippen LogP contribution in [-0.2, 0) is 11.3 Å². The van der Waals surface area contributed by atoms with Gasteiger partial charge in [0.05, 0.1) is 12.2 Å². The second kappa shape index (κ2) is 6.21. The number of carboxylic acid groups (broad SMARTS) is 1. The number of rotatable bonds is 5. The van der Waals surface area contributed by atoms with Crippen molar-refractivity contribution in [2.45, 2.75) is 13.5 Å². The molecule has 2 aromatic carbocycles. The Morgan fingerprint density at radius 3 is 2.65 bits per heavy atom. The summed E-state index contributed by atoms with van der Waals surface area (Å²) in [5.41, 5.74) is 2.05. The maximum absolute atomic E-state index is 10.9. The van der Waals surface area contributed by atoms with Gasteiger partial charge >= 0.3 is 5.97 Å². The normalized spacial score (nSPS) is 10.3. The summed E-state index contributed by atoms with van der Waals surface area (Å²) < 4.78 is 10.9. The fraction of sp³-hybridized carbons (Fsp3) is 0.188. The molecular formula is C16H16O4. The number of methoxy groups -OCH3 is 1. The lowest BCUT2D eigenvalue weighted by molar-refractivity contribution is 0.0697. The van der Waals surface area contributed by atoms with Gasteiger partial charge in [-0.15, -0.1) is 0 Å². The molecule has 2 aromatic rings. The molecule has 4 heteroatoms. The van der Waals surface area contributed by atoms with Crippen LogP contribution in [0.3, 0.4) is 0 Å². The van der Waals surface area contributed by atoms with E-state index in [4.69, 9.17) is 14.6 Å².